The Hall–Kier alpha value is -2.41. The molecule has 0 aromatic heterocycles. The van der Waals surface area contributed by atoms with Crippen molar-refractivity contribution in [3.63, 3.8) is 0 Å². The van der Waals surface area contributed by atoms with Gasteiger partial charge in [-0.3, -0.25) is 15.0 Å². The summed E-state index contributed by atoms with van der Waals surface area (Å²) in [5, 5.41) is 13.8. The average molecular weight is 414 g/mol. The number of carbonyl (C=O) groups excluding carboxylic acids is 2. The first kappa shape index (κ1) is 22.3. The summed E-state index contributed by atoms with van der Waals surface area (Å²) in [5.41, 5.74) is 12.2. The van der Waals surface area contributed by atoms with Crippen LogP contribution in [-0.2, 0) is 4.79 Å². The van der Waals surface area contributed by atoms with E-state index in [1.165, 1.54) is 6.42 Å². The fourth-order valence-electron chi connectivity index (χ4n) is 4.75. The van der Waals surface area contributed by atoms with Crippen LogP contribution in [0.4, 0.5) is 0 Å². The van der Waals surface area contributed by atoms with E-state index >= 15 is 0 Å². The van der Waals surface area contributed by atoms with E-state index < -0.39 is 6.04 Å². The van der Waals surface area contributed by atoms with E-state index in [-0.39, 0.29) is 29.6 Å². The van der Waals surface area contributed by atoms with E-state index in [0.29, 0.717) is 23.6 Å². The van der Waals surface area contributed by atoms with Gasteiger partial charge in [-0.2, -0.15) is 0 Å². The van der Waals surface area contributed by atoms with E-state index in [2.05, 4.69) is 10.6 Å². The first-order valence-electron chi connectivity index (χ1n) is 11.2. The van der Waals surface area contributed by atoms with Crippen LogP contribution in [0.25, 0.3) is 0 Å². The van der Waals surface area contributed by atoms with Crippen molar-refractivity contribution < 1.29 is 9.59 Å². The molecule has 7 N–H and O–H groups in total. The van der Waals surface area contributed by atoms with Gasteiger partial charge in [0, 0.05) is 17.2 Å². The Bertz CT molecular complexity index is 752. The third kappa shape index (κ3) is 5.81. The highest BCUT2D eigenvalue weighted by Gasteiger charge is 2.33. The Morgan fingerprint density at radius 2 is 1.70 bits per heavy atom. The molecule has 2 saturated carbocycles. The van der Waals surface area contributed by atoms with E-state index in [1.54, 1.807) is 24.3 Å². The first-order valence-corrected chi connectivity index (χ1v) is 11.2. The Kier molecular flexibility index (Phi) is 7.85. The summed E-state index contributed by atoms with van der Waals surface area (Å²) >= 11 is 0. The number of rotatable bonds is 7. The van der Waals surface area contributed by atoms with Crippen LogP contribution in [-0.4, -0.2) is 36.3 Å². The van der Waals surface area contributed by atoms with Crippen molar-refractivity contribution in [1.82, 2.24) is 10.6 Å². The molecule has 1 aromatic rings. The molecule has 0 saturated heterocycles. The quantitative estimate of drug-likeness (QED) is 0.346. The van der Waals surface area contributed by atoms with Gasteiger partial charge in [-0.25, -0.2) is 0 Å². The van der Waals surface area contributed by atoms with E-state index in [0.717, 1.165) is 51.4 Å². The standard InChI is InChI=1S/C23H35N5O2/c24-14-15-9-11-19(12-10-15)27-23(30)20(16-5-2-1-3-6-16)28-22(29)18-8-4-7-17(13-18)21(25)26/h4,7-8,13,15-16,19-20H,1-3,5-6,9-12,14,24H2,(H3,25,26)(H,27,30)(H,28,29)/t15?,19?,20-/m1/s1. The lowest BCUT2D eigenvalue weighted by Gasteiger charge is -2.33. The molecule has 1 aromatic carbocycles. The molecule has 2 fully saturated rings. The van der Waals surface area contributed by atoms with Crippen LogP contribution in [0.5, 0.6) is 0 Å². The van der Waals surface area contributed by atoms with Crippen LogP contribution < -0.4 is 22.1 Å². The number of nitrogens with two attached hydrogens (primary N) is 2. The summed E-state index contributed by atoms with van der Waals surface area (Å²) in [6.07, 6.45) is 9.23. The van der Waals surface area contributed by atoms with Crippen molar-refractivity contribution in [2.45, 2.75) is 69.9 Å². The maximum atomic E-state index is 13.2. The zero-order chi connectivity index (χ0) is 21.5. The summed E-state index contributed by atoms with van der Waals surface area (Å²) in [6, 6.07) is 6.31. The molecule has 2 aliphatic carbocycles. The van der Waals surface area contributed by atoms with Gasteiger partial charge < -0.3 is 22.1 Å². The Labute approximate surface area is 178 Å². The molecular weight excluding hydrogens is 378 g/mol. The number of nitrogen functional groups attached to an aromatic ring is 1. The lowest BCUT2D eigenvalue weighted by atomic mass is 9.82. The molecule has 0 radical (unpaired) electrons. The van der Waals surface area contributed by atoms with Gasteiger partial charge in [-0.1, -0.05) is 31.4 Å². The summed E-state index contributed by atoms with van der Waals surface area (Å²) in [5.74, 6) is 0.253. The van der Waals surface area contributed by atoms with Crippen LogP contribution in [0.15, 0.2) is 24.3 Å². The molecule has 2 amide bonds. The maximum absolute atomic E-state index is 13.2. The van der Waals surface area contributed by atoms with Crippen LogP contribution in [0.2, 0.25) is 0 Å². The number of hydrogen-bond donors (Lipinski definition) is 5. The zero-order valence-electron chi connectivity index (χ0n) is 17.7. The van der Waals surface area contributed by atoms with Crippen molar-refractivity contribution >= 4 is 17.6 Å². The minimum atomic E-state index is -0.536. The molecular formula is C23H35N5O2. The van der Waals surface area contributed by atoms with Gasteiger partial charge in [-0.15, -0.1) is 0 Å². The Morgan fingerprint density at radius 1 is 1.03 bits per heavy atom. The highest BCUT2D eigenvalue weighted by molar-refractivity contribution is 6.01. The molecule has 164 valence electrons. The van der Waals surface area contributed by atoms with Gasteiger partial charge >= 0.3 is 0 Å². The minimum absolute atomic E-state index is 0.0748. The number of nitrogens with one attached hydrogen (secondary N) is 3. The monoisotopic (exact) mass is 413 g/mol. The average Bonchev–Trinajstić information content (AvgIpc) is 2.78. The van der Waals surface area contributed by atoms with Crippen LogP contribution in [0.1, 0.15) is 73.7 Å². The van der Waals surface area contributed by atoms with Gasteiger partial charge in [0.25, 0.3) is 5.91 Å². The maximum Gasteiger partial charge on any atom is 0.251 e. The molecule has 0 aliphatic heterocycles. The molecule has 0 unspecified atom stereocenters. The SMILES string of the molecule is N=C(N)c1cccc(C(=O)N[C@@H](C(=O)NC2CCC(CN)CC2)C2CCCCC2)c1. The fourth-order valence-corrected chi connectivity index (χ4v) is 4.75. The predicted octanol–water partition coefficient (Wildman–Crippen LogP) is 2.28. The number of carbonyl (C=O) groups is 2. The van der Waals surface area contributed by atoms with Crippen molar-refractivity contribution in [3.05, 3.63) is 35.4 Å². The van der Waals surface area contributed by atoms with E-state index in [9.17, 15) is 9.59 Å². The first-order chi connectivity index (χ1) is 14.5. The predicted molar refractivity (Wildman–Crippen MR) is 118 cm³/mol. The molecule has 0 spiro atoms. The fraction of sp³-hybridized carbons (Fsp3) is 0.609. The topological polar surface area (TPSA) is 134 Å². The van der Waals surface area contributed by atoms with Crippen LogP contribution in [0, 0.1) is 17.2 Å². The summed E-state index contributed by atoms with van der Waals surface area (Å²) in [7, 11) is 0. The molecule has 1 atom stereocenters. The second-order valence-corrected chi connectivity index (χ2v) is 8.81. The minimum Gasteiger partial charge on any atom is -0.384 e. The third-order valence-electron chi connectivity index (χ3n) is 6.65. The third-order valence-corrected chi connectivity index (χ3v) is 6.65. The van der Waals surface area contributed by atoms with Crippen LogP contribution in [0.3, 0.4) is 0 Å². The van der Waals surface area contributed by atoms with Gasteiger partial charge in [-0.05, 0) is 69.0 Å². The second kappa shape index (κ2) is 10.6. The van der Waals surface area contributed by atoms with Crippen molar-refractivity contribution in [1.29, 1.82) is 5.41 Å². The van der Waals surface area contributed by atoms with Crippen molar-refractivity contribution in [3.8, 4) is 0 Å². The van der Waals surface area contributed by atoms with Crippen molar-refractivity contribution in [2.24, 2.45) is 23.3 Å². The number of hydrogen-bond acceptors (Lipinski definition) is 4. The smallest absolute Gasteiger partial charge is 0.251 e. The summed E-state index contributed by atoms with van der Waals surface area (Å²) in [6.45, 7) is 0.709. The number of benzene rings is 1. The number of amidine groups is 1. The lowest BCUT2D eigenvalue weighted by Crippen LogP contribution is -2.54. The van der Waals surface area contributed by atoms with Gasteiger partial charge in [0.15, 0.2) is 0 Å². The molecule has 0 bridgehead atoms. The second-order valence-electron chi connectivity index (χ2n) is 8.81. The Morgan fingerprint density at radius 3 is 2.33 bits per heavy atom. The molecule has 0 heterocycles. The summed E-state index contributed by atoms with van der Waals surface area (Å²) < 4.78 is 0. The highest BCUT2D eigenvalue weighted by atomic mass is 16.2. The molecule has 3 rings (SSSR count). The summed E-state index contributed by atoms with van der Waals surface area (Å²) in [4.78, 5) is 26.1. The van der Waals surface area contributed by atoms with Gasteiger partial charge in [0.1, 0.15) is 11.9 Å². The highest BCUT2D eigenvalue weighted by Crippen LogP contribution is 2.28. The molecule has 2 aliphatic rings. The lowest BCUT2D eigenvalue weighted by molar-refractivity contribution is -0.125. The molecule has 7 heteroatoms. The Balaban J connectivity index is 1.69. The van der Waals surface area contributed by atoms with E-state index in [1.807, 2.05) is 0 Å². The van der Waals surface area contributed by atoms with Gasteiger partial charge in [0.05, 0.1) is 0 Å². The molecule has 30 heavy (non-hydrogen) atoms. The van der Waals surface area contributed by atoms with E-state index in [4.69, 9.17) is 16.9 Å². The normalized spacial score (nSPS) is 23.4. The molecule has 7 nitrogen and oxygen atoms in total. The zero-order valence-corrected chi connectivity index (χ0v) is 17.7. The largest absolute Gasteiger partial charge is 0.384 e. The van der Waals surface area contributed by atoms with Crippen molar-refractivity contribution in [2.75, 3.05) is 6.54 Å². The number of amides is 2. The van der Waals surface area contributed by atoms with Gasteiger partial charge in [0.2, 0.25) is 5.91 Å². The van der Waals surface area contributed by atoms with Crippen LogP contribution >= 0.6 is 0 Å².